The summed E-state index contributed by atoms with van der Waals surface area (Å²) in [5.74, 6) is -2.21. The van der Waals surface area contributed by atoms with Gasteiger partial charge >= 0.3 is 0 Å². The number of hydrogen-bond donors (Lipinski definition) is 3. The number of Topliss-reactive ketones (excluding diaryl/α,β-unsaturated/α-hetero) is 1. The zero-order valence-corrected chi connectivity index (χ0v) is 15.0. The van der Waals surface area contributed by atoms with Gasteiger partial charge in [0, 0.05) is 25.4 Å². The molecule has 2 rings (SSSR count). The first kappa shape index (κ1) is 19.6. The fraction of sp³-hybridized carbons (Fsp3) is 0.500. The number of pyridine rings is 1. The van der Waals surface area contributed by atoms with Crippen LogP contribution in [0.5, 0.6) is 0 Å². The van der Waals surface area contributed by atoms with Gasteiger partial charge in [-0.05, 0) is 36.5 Å². The maximum Gasteiger partial charge on any atom is 0.289 e. The molecule has 0 saturated carbocycles. The van der Waals surface area contributed by atoms with E-state index in [1.54, 1.807) is 12.4 Å². The van der Waals surface area contributed by atoms with Crippen molar-refractivity contribution in [3.05, 3.63) is 30.1 Å². The second kappa shape index (κ2) is 9.07. The Kier molecular flexibility index (Phi) is 6.82. The molecule has 3 amide bonds. The predicted molar refractivity (Wildman–Crippen MR) is 93.9 cm³/mol. The summed E-state index contributed by atoms with van der Waals surface area (Å²) in [6, 6.07) is 2.06. The van der Waals surface area contributed by atoms with Crippen molar-refractivity contribution in [1.82, 2.24) is 20.9 Å². The summed E-state index contributed by atoms with van der Waals surface area (Å²) in [7, 11) is 0. The summed E-state index contributed by atoms with van der Waals surface area (Å²) in [4.78, 5) is 51.8. The van der Waals surface area contributed by atoms with Gasteiger partial charge in [0.2, 0.25) is 17.6 Å². The molecule has 0 spiro atoms. The smallest absolute Gasteiger partial charge is 0.289 e. The van der Waals surface area contributed by atoms with Crippen LogP contribution < -0.4 is 16.0 Å². The van der Waals surface area contributed by atoms with E-state index in [9.17, 15) is 19.2 Å². The number of aromatic nitrogens is 1. The highest BCUT2D eigenvalue weighted by Crippen LogP contribution is 2.07. The van der Waals surface area contributed by atoms with Crippen molar-refractivity contribution >= 4 is 23.5 Å². The van der Waals surface area contributed by atoms with Crippen LogP contribution in [-0.2, 0) is 25.6 Å². The molecule has 1 fully saturated rings. The van der Waals surface area contributed by atoms with Gasteiger partial charge in [-0.1, -0.05) is 13.8 Å². The van der Waals surface area contributed by atoms with Gasteiger partial charge in [-0.3, -0.25) is 24.2 Å². The Hall–Kier alpha value is -2.77. The molecule has 0 radical (unpaired) electrons. The summed E-state index contributed by atoms with van der Waals surface area (Å²) in [5.41, 5.74) is 0.986. The number of hydrogen-bond acceptors (Lipinski definition) is 5. The number of piperidine rings is 1. The minimum atomic E-state index is -0.841. The molecule has 0 aromatic carbocycles. The zero-order chi connectivity index (χ0) is 19.1. The quantitative estimate of drug-likeness (QED) is 0.579. The Bertz CT molecular complexity index is 675. The van der Waals surface area contributed by atoms with Gasteiger partial charge in [-0.15, -0.1) is 0 Å². The molecule has 1 aromatic rings. The number of carbonyl (C=O) groups excluding carboxylic acids is 4. The Morgan fingerprint density at radius 2 is 1.96 bits per heavy atom. The van der Waals surface area contributed by atoms with Crippen molar-refractivity contribution in [2.24, 2.45) is 5.92 Å². The zero-order valence-electron chi connectivity index (χ0n) is 15.0. The number of nitrogens with zero attached hydrogens (tertiary/aromatic N) is 1. The van der Waals surface area contributed by atoms with E-state index in [2.05, 4.69) is 20.9 Å². The van der Waals surface area contributed by atoms with Gasteiger partial charge in [-0.25, -0.2) is 0 Å². The van der Waals surface area contributed by atoms with E-state index < -0.39 is 29.7 Å². The van der Waals surface area contributed by atoms with Gasteiger partial charge in [0.05, 0.1) is 6.04 Å². The van der Waals surface area contributed by atoms with Gasteiger partial charge in [0.15, 0.2) is 0 Å². The number of nitrogens with one attached hydrogen (secondary N) is 3. The summed E-state index contributed by atoms with van der Waals surface area (Å²) < 4.78 is 0. The highest BCUT2D eigenvalue weighted by Gasteiger charge is 2.33. The molecule has 0 aliphatic carbocycles. The molecule has 1 aliphatic rings. The standard InChI is InChI=1S/C18H24N4O4/c1-11(2)15(17(25)21-13-7-10-20-18(26)16(13)24)22-14(23)4-3-12-5-8-19-9-6-12/h5-6,8-9,11,13,15H,3-4,7,10H2,1-2H3,(H,20,26)(H,21,25)(H,22,23). The average molecular weight is 360 g/mol. The molecule has 1 aromatic heterocycles. The Morgan fingerprint density at radius 1 is 1.27 bits per heavy atom. The van der Waals surface area contributed by atoms with Crippen molar-refractivity contribution in [3.63, 3.8) is 0 Å². The van der Waals surface area contributed by atoms with Crippen LogP contribution in [0.3, 0.4) is 0 Å². The number of amides is 3. The van der Waals surface area contributed by atoms with E-state index in [0.717, 1.165) is 5.56 Å². The molecule has 3 N–H and O–H groups in total. The molecular formula is C18H24N4O4. The van der Waals surface area contributed by atoms with Crippen LogP contribution in [0.25, 0.3) is 0 Å². The fourth-order valence-corrected chi connectivity index (χ4v) is 2.69. The van der Waals surface area contributed by atoms with Gasteiger partial charge in [0.1, 0.15) is 6.04 Å². The van der Waals surface area contributed by atoms with Crippen LogP contribution in [0.15, 0.2) is 24.5 Å². The summed E-state index contributed by atoms with van der Waals surface area (Å²) in [6.45, 7) is 3.95. The summed E-state index contributed by atoms with van der Waals surface area (Å²) in [6.07, 6.45) is 4.45. The molecular weight excluding hydrogens is 336 g/mol. The third kappa shape index (κ3) is 5.37. The van der Waals surface area contributed by atoms with E-state index in [0.29, 0.717) is 19.4 Å². The van der Waals surface area contributed by atoms with Crippen LogP contribution in [0.2, 0.25) is 0 Å². The molecule has 26 heavy (non-hydrogen) atoms. The van der Waals surface area contributed by atoms with Crippen LogP contribution in [0.1, 0.15) is 32.3 Å². The summed E-state index contributed by atoms with van der Waals surface area (Å²) >= 11 is 0. The number of rotatable bonds is 7. The lowest BCUT2D eigenvalue weighted by molar-refractivity contribution is -0.142. The van der Waals surface area contributed by atoms with Crippen LogP contribution >= 0.6 is 0 Å². The maximum absolute atomic E-state index is 12.5. The second-order valence-electron chi connectivity index (χ2n) is 6.61. The first-order valence-electron chi connectivity index (χ1n) is 8.69. The monoisotopic (exact) mass is 360 g/mol. The molecule has 140 valence electrons. The fourth-order valence-electron chi connectivity index (χ4n) is 2.69. The van der Waals surface area contributed by atoms with Gasteiger partial charge in [-0.2, -0.15) is 0 Å². The first-order valence-corrected chi connectivity index (χ1v) is 8.69. The van der Waals surface area contributed by atoms with Crippen LogP contribution in [-0.4, -0.2) is 47.1 Å². The molecule has 1 aliphatic heterocycles. The molecule has 1 saturated heterocycles. The Balaban J connectivity index is 1.90. The lowest BCUT2D eigenvalue weighted by atomic mass is 10.00. The molecule has 2 unspecified atom stereocenters. The first-order chi connectivity index (χ1) is 12.4. The third-order valence-corrected chi connectivity index (χ3v) is 4.23. The second-order valence-corrected chi connectivity index (χ2v) is 6.61. The van der Waals surface area contributed by atoms with Crippen molar-refractivity contribution in [2.45, 2.75) is 45.2 Å². The number of ketones is 1. The lowest BCUT2D eigenvalue weighted by Gasteiger charge is -2.26. The van der Waals surface area contributed by atoms with Gasteiger partial charge in [0.25, 0.3) is 5.91 Å². The van der Waals surface area contributed by atoms with E-state index >= 15 is 0 Å². The minimum Gasteiger partial charge on any atom is -0.349 e. The van der Waals surface area contributed by atoms with Crippen LogP contribution in [0, 0.1) is 5.92 Å². The molecule has 8 nitrogen and oxygen atoms in total. The van der Waals surface area contributed by atoms with Crippen LogP contribution in [0.4, 0.5) is 0 Å². The largest absolute Gasteiger partial charge is 0.349 e. The normalized spacial score (nSPS) is 18.2. The molecule has 8 heteroatoms. The van der Waals surface area contributed by atoms with Gasteiger partial charge < -0.3 is 16.0 Å². The predicted octanol–water partition coefficient (Wildman–Crippen LogP) is -0.271. The van der Waals surface area contributed by atoms with E-state index in [-0.39, 0.29) is 18.2 Å². The highest BCUT2D eigenvalue weighted by molar-refractivity contribution is 6.39. The lowest BCUT2D eigenvalue weighted by Crippen LogP contribution is -2.58. The van der Waals surface area contributed by atoms with E-state index in [1.807, 2.05) is 26.0 Å². The van der Waals surface area contributed by atoms with Crippen molar-refractivity contribution in [1.29, 1.82) is 0 Å². The average Bonchev–Trinajstić information content (AvgIpc) is 2.62. The third-order valence-electron chi connectivity index (χ3n) is 4.23. The van der Waals surface area contributed by atoms with E-state index in [4.69, 9.17) is 0 Å². The maximum atomic E-state index is 12.5. The molecule has 2 atom stereocenters. The molecule has 2 heterocycles. The number of aryl methyl sites for hydroxylation is 1. The highest BCUT2D eigenvalue weighted by atomic mass is 16.2. The summed E-state index contributed by atoms with van der Waals surface area (Å²) in [5, 5.41) is 7.75. The number of carbonyl (C=O) groups is 4. The minimum absolute atomic E-state index is 0.160. The topological polar surface area (TPSA) is 117 Å². The Morgan fingerprint density at radius 3 is 2.62 bits per heavy atom. The molecule has 0 bridgehead atoms. The van der Waals surface area contributed by atoms with Crippen molar-refractivity contribution in [3.8, 4) is 0 Å². The van der Waals surface area contributed by atoms with Crippen molar-refractivity contribution < 1.29 is 19.2 Å². The Labute approximate surface area is 152 Å². The van der Waals surface area contributed by atoms with Crippen molar-refractivity contribution in [2.75, 3.05) is 6.54 Å². The SMILES string of the molecule is CC(C)C(NC(=O)CCc1ccncc1)C(=O)NC1CCNC(=O)C1=O. The van der Waals surface area contributed by atoms with E-state index in [1.165, 1.54) is 0 Å².